The average molecular weight is 255 g/mol. The van der Waals surface area contributed by atoms with E-state index < -0.39 is 5.91 Å². The highest BCUT2D eigenvalue weighted by atomic mass is 16.2. The Balaban J connectivity index is 2.23. The average Bonchev–Trinajstić information content (AvgIpc) is 2.41. The molecule has 0 aliphatic carbocycles. The summed E-state index contributed by atoms with van der Waals surface area (Å²) in [4.78, 5) is 23.1. The molecule has 5 N–H and O–H groups in total. The molecule has 2 aromatic rings. The lowest BCUT2D eigenvalue weighted by molar-refractivity contribution is 0.1000. The van der Waals surface area contributed by atoms with Crippen molar-refractivity contribution >= 4 is 23.2 Å². The van der Waals surface area contributed by atoms with Crippen molar-refractivity contribution < 1.29 is 9.59 Å². The first-order valence-corrected chi connectivity index (χ1v) is 5.63. The Morgan fingerprint density at radius 2 is 1.63 bits per heavy atom. The van der Waals surface area contributed by atoms with Crippen LogP contribution in [0, 0.1) is 0 Å². The fourth-order valence-corrected chi connectivity index (χ4v) is 1.62. The van der Waals surface area contributed by atoms with E-state index in [1.165, 1.54) is 6.07 Å². The standard InChI is InChI=1S/C14H13N3O2/c15-11-6-1-2-7-12(11)17-14(19)10-5-3-4-9(8-10)13(16)18/h1-8H,15H2,(H2,16,18)(H,17,19). The summed E-state index contributed by atoms with van der Waals surface area (Å²) < 4.78 is 0. The molecule has 5 nitrogen and oxygen atoms in total. The topological polar surface area (TPSA) is 98.2 Å². The van der Waals surface area contributed by atoms with Gasteiger partial charge < -0.3 is 16.8 Å². The molecule has 2 rings (SSSR count). The third-order valence-corrected chi connectivity index (χ3v) is 2.62. The first kappa shape index (κ1) is 12.6. The van der Waals surface area contributed by atoms with E-state index in [0.717, 1.165) is 0 Å². The third kappa shape index (κ3) is 2.90. The zero-order valence-electron chi connectivity index (χ0n) is 10.1. The Bertz CT molecular complexity index is 638. The van der Waals surface area contributed by atoms with Crippen molar-refractivity contribution in [3.8, 4) is 0 Å². The first-order valence-electron chi connectivity index (χ1n) is 5.63. The van der Waals surface area contributed by atoms with Crippen molar-refractivity contribution in [2.45, 2.75) is 0 Å². The van der Waals surface area contributed by atoms with Crippen LogP contribution < -0.4 is 16.8 Å². The van der Waals surface area contributed by atoms with Crippen molar-refractivity contribution in [1.29, 1.82) is 0 Å². The van der Waals surface area contributed by atoms with Gasteiger partial charge in [-0.2, -0.15) is 0 Å². The van der Waals surface area contributed by atoms with E-state index in [2.05, 4.69) is 5.32 Å². The molecule has 0 saturated carbocycles. The molecule has 0 aromatic heterocycles. The molecule has 0 atom stereocenters. The number of anilines is 2. The second-order valence-corrected chi connectivity index (χ2v) is 3.99. The molecular formula is C14H13N3O2. The lowest BCUT2D eigenvalue weighted by atomic mass is 10.1. The van der Waals surface area contributed by atoms with Gasteiger partial charge in [0.15, 0.2) is 0 Å². The van der Waals surface area contributed by atoms with E-state index in [4.69, 9.17) is 11.5 Å². The van der Waals surface area contributed by atoms with Crippen molar-refractivity contribution in [1.82, 2.24) is 0 Å². The second kappa shape index (κ2) is 5.22. The summed E-state index contributed by atoms with van der Waals surface area (Å²) in [6.07, 6.45) is 0. The molecular weight excluding hydrogens is 242 g/mol. The van der Waals surface area contributed by atoms with Gasteiger partial charge in [-0.15, -0.1) is 0 Å². The maximum Gasteiger partial charge on any atom is 0.255 e. The number of nitrogens with one attached hydrogen (secondary N) is 1. The monoisotopic (exact) mass is 255 g/mol. The number of carbonyl (C=O) groups is 2. The molecule has 0 heterocycles. The summed E-state index contributed by atoms with van der Waals surface area (Å²) in [7, 11) is 0. The number of para-hydroxylation sites is 2. The van der Waals surface area contributed by atoms with Crippen molar-refractivity contribution in [2.24, 2.45) is 5.73 Å². The summed E-state index contributed by atoms with van der Waals surface area (Å²) in [6, 6.07) is 13.1. The number of nitrogens with two attached hydrogens (primary N) is 2. The molecule has 0 radical (unpaired) electrons. The Hall–Kier alpha value is -2.82. The molecule has 2 aromatic carbocycles. The molecule has 5 heteroatoms. The Kier molecular flexibility index (Phi) is 3.47. The molecule has 0 saturated heterocycles. The predicted octanol–water partition coefficient (Wildman–Crippen LogP) is 1.62. The van der Waals surface area contributed by atoms with Crippen LogP contribution in [0.15, 0.2) is 48.5 Å². The zero-order chi connectivity index (χ0) is 13.8. The number of nitrogen functional groups attached to an aromatic ring is 1. The fourth-order valence-electron chi connectivity index (χ4n) is 1.62. The van der Waals surface area contributed by atoms with E-state index in [1.54, 1.807) is 42.5 Å². The van der Waals surface area contributed by atoms with Crippen LogP contribution in [0.2, 0.25) is 0 Å². The quantitative estimate of drug-likeness (QED) is 0.727. The summed E-state index contributed by atoms with van der Waals surface area (Å²) in [5, 5.41) is 2.68. The highest BCUT2D eigenvalue weighted by Crippen LogP contribution is 2.18. The van der Waals surface area contributed by atoms with Crippen LogP contribution in [0.5, 0.6) is 0 Å². The minimum absolute atomic E-state index is 0.286. The molecule has 0 aliphatic heterocycles. The number of rotatable bonds is 3. The van der Waals surface area contributed by atoms with Crippen LogP contribution in [-0.4, -0.2) is 11.8 Å². The van der Waals surface area contributed by atoms with Gasteiger partial charge in [-0.05, 0) is 30.3 Å². The number of primary amides is 1. The van der Waals surface area contributed by atoms with Gasteiger partial charge in [-0.25, -0.2) is 0 Å². The number of benzene rings is 2. The number of hydrogen-bond donors (Lipinski definition) is 3. The third-order valence-electron chi connectivity index (χ3n) is 2.62. The van der Waals surface area contributed by atoms with Gasteiger partial charge in [0.1, 0.15) is 0 Å². The summed E-state index contributed by atoms with van der Waals surface area (Å²) in [6.45, 7) is 0. The van der Waals surface area contributed by atoms with Gasteiger partial charge in [0.05, 0.1) is 11.4 Å². The second-order valence-electron chi connectivity index (χ2n) is 3.99. The minimum atomic E-state index is -0.575. The smallest absolute Gasteiger partial charge is 0.255 e. The number of carbonyl (C=O) groups excluding carboxylic acids is 2. The SMILES string of the molecule is NC(=O)c1cccc(C(=O)Nc2ccccc2N)c1. The number of hydrogen-bond acceptors (Lipinski definition) is 3. The maximum atomic E-state index is 12.0. The molecule has 0 bridgehead atoms. The Labute approximate surface area is 110 Å². The molecule has 2 amide bonds. The van der Waals surface area contributed by atoms with Crippen molar-refractivity contribution in [2.75, 3.05) is 11.1 Å². The van der Waals surface area contributed by atoms with E-state index in [0.29, 0.717) is 16.9 Å². The van der Waals surface area contributed by atoms with E-state index in [9.17, 15) is 9.59 Å². The number of amides is 2. The van der Waals surface area contributed by atoms with Crippen LogP contribution >= 0.6 is 0 Å². The highest BCUT2D eigenvalue weighted by Gasteiger charge is 2.09. The van der Waals surface area contributed by atoms with Gasteiger partial charge in [0.2, 0.25) is 5.91 Å². The van der Waals surface area contributed by atoms with E-state index in [-0.39, 0.29) is 11.5 Å². The van der Waals surface area contributed by atoms with Gasteiger partial charge in [0, 0.05) is 11.1 Å². The Morgan fingerprint density at radius 1 is 0.947 bits per heavy atom. The zero-order valence-corrected chi connectivity index (χ0v) is 10.1. The van der Waals surface area contributed by atoms with Crippen LogP contribution in [-0.2, 0) is 0 Å². The van der Waals surface area contributed by atoms with Gasteiger partial charge in [-0.1, -0.05) is 18.2 Å². The molecule has 19 heavy (non-hydrogen) atoms. The van der Waals surface area contributed by atoms with E-state index in [1.807, 2.05) is 0 Å². The van der Waals surface area contributed by atoms with Gasteiger partial charge in [-0.3, -0.25) is 9.59 Å². The summed E-state index contributed by atoms with van der Waals surface area (Å²) in [5.41, 5.74) is 12.5. The molecule has 0 spiro atoms. The van der Waals surface area contributed by atoms with Crippen LogP contribution in [0.25, 0.3) is 0 Å². The summed E-state index contributed by atoms with van der Waals surface area (Å²) in [5.74, 6) is -0.921. The first-order chi connectivity index (χ1) is 9.08. The predicted molar refractivity (Wildman–Crippen MR) is 73.8 cm³/mol. The largest absolute Gasteiger partial charge is 0.397 e. The van der Waals surface area contributed by atoms with Crippen molar-refractivity contribution in [3.63, 3.8) is 0 Å². The van der Waals surface area contributed by atoms with Crippen LogP contribution in [0.1, 0.15) is 20.7 Å². The normalized spacial score (nSPS) is 9.89. The summed E-state index contributed by atoms with van der Waals surface area (Å²) >= 11 is 0. The molecule has 0 fully saturated rings. The lowest BCUT2D eigenvalue weighted by Crippen LogP contribution is -2.16. The van der Waals surface area contributed by atoms with Crippen LogP contribution in [0.3, 0.4) is 0 Å². The van der Waals surface area contributed by atoms with Crippen LogP contribution in [0.4, 0.5) is 11.4 Å². The molecule has 96 valence electrons. The highest BCUT2D eigenvalue weighted by molar-refractivity contribution is 6.07. The van der Waals surface area contributed by atoms with Gasteiger partial charge in [0.25, 0.3) is 5.91 Å². The maximum absolute atomic E-state index is 12.0. The molecule has 0 unspecified atom stereocenters. The van der Waals surface area contributed by atoms with Crippen molar-refractivity contribution in [3.05, 3.63) is 59.7 Å². The lowest BCUT2D eigenvalue weighted by Gasteiger charge is -2.08. The van der Waals surface area contributed by atoms with Gasteiger partial charge >= 0.3 is 0 Å². The molecule has 0 aliphatic rings. The fraction of sp³-hybridized carbons (Fsp3) is 0. The Morgan fingerprint density at radius 3 is 2.32 bits per heavy atom. The minimum Gasteiger partial charge on any atom is -0.397 e. The van der Waals surface area contributed by atoms with E-state index >= 15 is 0 Å².